The Bertz CT molecular complexity index is 578. The lowest BCUT2D eigenvalue weighted by molar-refractivity contribution is 0.177. The molecule has 2 rings (SSSR count). The van der Waals surface area contributed by atoms with Crippen molar-refractivity contribution in [1.82, 2.24) is 4.98 Å². The number of halogens is 2. The molecule has 0 aliphatic heterocycles. The quantitative estimate of drug-likeness (QED) is 0.922. The second-order valence-corrected chi connectivity index (χ2v) is 4.62. The molecule has 4 heteroatoms. The molecule has 2 nitrogen and oxygen atoms in total. The van der Waals surface area contributed by atoms with Crippen molar-refractivity contribution < 1.29 is 13.9 Å². The molecule has 0 aliphatic rings. The molecule has 2 aromatic rings. The third-order valence-corrected chi connectivity index (χ3v) is 2.98. The van der Waals surface area contributed by atoms with Crippen LogP contribution in [-0.2, 0) is 6.42 Å². The van der Waals surface area contributed by atoms with E-state index >= 15 is 0 Å². The Kier molecular flexibility index (Phi) is 3.90. The lowest BCUT2D eigenvalue weighted by atomic mass is 10.00. The Morgan fingerprint density at radius 2 is 1.74 bits per heavy atom. The van der Waals surface area contributed by atoms with Crippen molar-refractivity contribution in [2.45, 2.75) is 26.4 Å². The molecule has 0 amide bonds. The number of hydrogen-bond donors (Lipinski definition) is 1. The predicted molar refractivity (Wildman–Crippen MR) is 68.7 cm³/mol. The van der Waals surface area contributed by atoms with Gasteiger partial charge in [0.2, 0.25) is 0 Å². The summed E-state index contributed by atoms with van der Waals surface area (Å²) in [5, 5.41) is 10.1. The van der Waals surface area contributed by atoms with Gasteiger partial charge in [-0.25, -0.2) is 8.78 Å². The van der Waals surface area contributed by atoms with Crippen LogP contribution in [0, 0.1) is 25.5 Å². The Morgan fingerprint density at radius 1 is 1.11 bits per heavy atom. The van der Waals surface area contributed by atoms with Crippen molar-refractivity contribution >= 4 is 0 Å². The molecule has 1 atom stereocenters. The largest absolute Gasteiger partial charge is 0.388 e. The first kappa shape index (κ1) is 13.6. The Morgan fingerprint density at radius 3 is 2.32 bits per heavy atom. The third-order valence-electron chi connectivity index (χ3n) is 2.98. The molecule has 0 aliphatic carbocycles. The summed E-state index contributed by atoms with van der Waals surface area (Å²) in [6.07, 6.45) is -0.672. The Hall–Kier alpha value is -1.81. The van der Waals surface area contributed by atoms with Crippen LogP contribution in [0.3, 0.4) is 0 Å². The first-order valence-corrected chi connectivity index (χ1v) is 6.03. The molecule has 1 aromatic carbocycles. The van der Waals surface area contributed by atoms with E-state index in [0.29, 0.717) is 11.1 Å². The minimum atomic E-state index is -0.825. The lowest BCUT2D eigenvalue weighted by Gasteiger charge is -2.14. The van der Waals surface area contributed by atoms with Gasteiger partial charge in [0.15, 0.2) is 0 Å². The summed E-state index contributed by atoms with van der Waals surface area (Å²) in [5.41, 5.74) is 2.69. The highest BCUT2D eigenvalue weighted by Gasteiger charge is 2.13. The van der Waals surface area contributed by atoms with Crippen LogP contribution < -0.4 is 0 Å². The van der Waals surface area contributed by atoms with Crippen LogP contribution in [0.25, 0.3) is 0 Å². The summed E-state index contributed by atoms with van der Waals surface area (Å²) in [6.45, 7) is 3.67. The average Bonchev–Trinajstić information content (AvgIpc) is 2.26. The number of pyridine rings is 1. The standard InChI is InChI=1S/C15H15F2NO/c1-9-3-4-14(10(2)18-9)15(19)7-11-5-12(16)8-13(17)6-11/h3-6,8,15,19H,7H2,1-2H3. The number of hydrogen-bond acceptors (Lipinski definition) is 2. The zero-order valence-corrected chi connectivity index (χ0v) is 10.8. The molecule has 0 fully saturated rings. The fourth-order valence-corrected chi connectivity index (χ4v) is 2.11. The van der Waals surface area contributed by atoms with E-state index in [1.165, 1.54) is 12.1 Å². The SMILES string of the molecule is Cc1ccc(C(O)Cc2cc(F)cc(F)c2)c(C)n1. The number of benzene rings is 1. The molecular formula is C15H15F2NO. The fraction of sp³-hybridized carbons (Fsp3) is 0.267. The molecule has 0 saturated carbocycles. The van der Waals surface area contributed by atoms with Gasteiger partial charge >= 0.3 is 0 Å². The van der Waals surface area contributed by atoms with Gasteiger partial charge in [-0.1, -0.05) is 6.07 Å². The second-order valence-electron chi connectivity index (χ2n) is 4.62. The van der Waals surface area contributed by atoms with Gasteiger partial charge in [-0.05, 0) is 37.6 Å². The van der Waals surface area contributed by atoms with Crippen LogP contribution in [0.1, 0.15) is 28.6 Å². The van der Waals surface area contributed by atoms with Crippen molar-refractivity contribution in [3.05, 3.63) is 64.5 Å². The maximum Gasteiger partial charge on any atom is 0.126 e. The summed E-state index contributed by atoms with van der Waals surface area (Å²) in [6, 6.07) is 6.86. The smallest absolute Gasteiger partial charge is 0.126 e. The van der Waals surface area contributed by atoms with Crippen molar-refractivity contribution in [2.24, 2.45) is 0 Å². The number of nitrogens with zero attached hydrogens (tertiary/aromatic N) is 1. The van der Waals surface area contributed by atoms with Crippen LogP contribution in [0.5, 0.6) is 0 Å². The van der Waals surface area contributed by atoms with Crippen LogP contribution in [0.4, 0.5) is 8.78 Å². The molecule has 1 unspecified atom stereocenters. The van der Waals surface area contributed by atoms with Gasteiger partial charge in [-0.15, -0.1) is 0 Å². The van der Waals surface area contributed by atoms with Crippen molar-refractivity contribution in [2.75, 3.05) is 0 Å². The lowest BCUT2D eigenvalue weighted by Crippen LogP contribution is -2.06. The van der Waals surface area contributed by atoms with Gasteiger partial charge in [-0.3, -0.25) is 4.98 Å². The molecular weight excluding hydrogens is 248 g/mol. The average molecular weight is 263 g/mol. The molecule has 19 heavy (non-hydrogen) atoms. The number of aromatic nitrogens is 1. The van der Waals surface area contributed by atoms with E-state index in [2.05, 4.69) is 4.98 Å². The first-order valence-electron chi connectivity index (χ1n) is 6.03. The zero-order chi connectivity index (χ0) is 14.0. The summed E-state index contributed by atoms with van der Waals surface area (Å²) in [7, 11) is 0. The van der Waals surface area contributed by atoms with Crippen molar-refractivity contribution in [3.8, 4) is 0 Å². The molecule has 1 aromatic heterocycles. The van der Waals surface area contributed by atoms with Gasteiger partial charge < -0.3 is 5.11 Å². The van der Waals surface area contributed by atoms with Gasteiger partial charge in [0.25, 0.3) is 0 Å². The molecule has 0 saturated heterocycles. The van der Waals surface area contributed by atoms with E-state index in [1.807, 2.05) is 6.92 Å². The fourth-order valence-electron chi connectivity index (χ4n) is 2.11. The number of aliphatic hydroxyl groups excluding tert-OH is 1. The molecule has 0 radical (unpaired) electrons. The van der Waals surface area contributed by atoms with E-state index in [1.54, 1.807) is 19.1 Å². The second kappa shape index (κ2) is 5.45. The predicted octanol–water partition coefficient (Wildman–Crippen LogP) is 3.25. The van der Waals surface area contributed by atoms with E-state index in [-0.39, 0.29) is 6.42 Å². The van der Waals surface area contributed by atoms with Gasteiger partial charge in [0.05, 0.1) is 6.10 Å². The number of aliphatic hydroxyl groups is 1. The van der Waals surface area contributed by atoms with E-state index < -0.39 is 17.7 Å². The van der Waals surface area contributed by atoms with E-state index in [9.17, 15) is 13.9 Å². The monoisotopic (exact) mass is 263 g/mol. The Balaban J connectivity index is 2.22. The van der Waals surface area contributed by atoms with Gasteiger partial charge in [0, 0.05) is 29.4 Å². The summed E-state index contributed by atoms with van der Waals surface area (Å²) < 4.78 is 26.2. The van der Waals surface area contributed by atoms with E-state index in [0.717, 1.165) is 17.5 Å². The third kappa shape index (κ3) is 3.35. The highest BCUT2D eigenvalue weighted by Crippen LogP contribution is 2.21. The molecule has 1 N–H and O–H groups in total. The highest BCUT2D eigenvalue weighted by molar-refractivity contribution is 5.27. The maximum atomic E-state index is 13.1. The maximum absolute atomic E-state index is 13.1. The summed E-state index contributed by atoms with van der Waals surface area (Å²) >= 11 is 0. The number of rotatable bonds is 3. The highest BCUT2D eigenvalue weighted by atomic mass is 19.1. The van der Waals surface area contributed by atoms with Crippen molar-refractivity contribution in [3.63, 3.8) is 0 Å². The molecule has 0 spiro atoms. The van der Waals surface area contributed by atoms with Gasteiger partial charge in [0.1, 0.15) is 11.6 Å². The normalized spacial score (nSPS) is 12.5. The molecule has 0 bridgehead atoms. The number of aryl methyl sites for hydroxylation is 2. The minimum Gasteiger partial charge on any atom is -0.388 e. The van der Waals surface area contributed by atoms with Crippen LogP contribution in [0.2, 0.25) is 0 Å². The zero-order valence-electron chi connectivity index (χ0n) is 10.8. The Labute approximate surface area is 110 Å². The minimum absolute atomic E-state index is 0.153. The molecule has 100 valence electrons. The topological polar surface area (TPSA) is 33.1 Å². The van der Waals surface area contributed by atoms with Crippen molar-refractivity contribution in [1.29, 1.82) is 0 Å². The summed E-state index contributed by atoms with van der Waals surface area (Å²) in [5.74, 6) is -1.28. The van der Waals surface area contributed by atoms with Crippen LogP contribution >= 0.6 is 0 Å². The first-order chi connectivity index (χ1) is 8.95. The summed E-state index contributed by atoms with van der Waals surface area (Å²) in [4.78, 5) is 4.26. The molecule has 1 heterocycles. The van der Waals surface area contributed by atoms with Gasteiger partial charge in [-0.2, -0.15) is 0 Å². The van der Waals surface area contributed by atoms with E-state index in [4.69, 9.17) is 0 Å². The van der Waals surface area contributed by atoms with Crippen LogP contribution in [-0.4, -0.2) is 10.1 Å². The van der Waals surface area contributed by atoms with Crippen LogP contribution in [0.15, 0.2) is 30.3 Å².